The first kappa shape index (κ1) is 11.5. The lowest BCUT2D eigenvalue weighted by molar-refractivity contribution is 0.245. The molecule has 0 bridgehead atoms. The minimum Gasteiger partial charge on any atom is -0.356 e. The Bertz CT molecular complexity index is 321. The first-order valence-electron chi connectivity index (χ1n) is 6.34. The highest BCUT2D eigenvalue weighted by Gasteiger charge is 2.23. The zero-order valence-corrected chi connectivity index (χ0v) is 10.3. The molecule has 2 rings (SSSR count). The van der Waals surface area contributed by atoms with Crippen LogP contribution < -0.4 is 5.32 Å². The molecule has 1 unspecified atom stereocenters. The van der Waals surface area contributed by atoms with E-state index < -0.39 is 0 Å². The van der Waals surface area contributed by atoms with Crippen molar-refractivity contribution < 1.29 is 0 Å². The Morgan fingerprint density at radius 3 is 3.12 bits per heavy atom. The molecule has 1 aromatic rings. The summed E-state index contributed by atoms with van der Waals surface area (Å²) in [6.45, 7) is 8.77. The van der Waals surface area contributed by atoms with Gasteiger partial charge in [-0.05, 0) is 32.9 Å². The lowest BCUT2D eigenvalue weighted by Crippen LogP contribution is -2.32. The fraction of sp³-hybridized carbons (Fsp3) is 0.750. The molecule has 0 radical (unpaired) electrons. The highest BCUT2D eigenvalue weighted by Crippen LogP contribution is 2.19. The van der Waals surface area contributed by atoms with Gasteiger partial charge in [0.15, 0.2) is 0 Å². The summed E-state index contributed by atoms with van der Waals surface area (Å²) in [5.74, 6) is 1.01. The van der Waals surface area contributed by atoms with Crippen molar-refractivity contribution in [2.75, 3.05) is 25.0 Å². The summed E-state index contributed by atoms with van der Waals surface area (Å²) < 4.78 is 2.24. The Morgan fingerprint density at radius 2 is 2.38 bits per heavy atom. The lowest BCUT2D eigenvalue weighted by atomic mass is 10.2. The molecule has 0 aromatic carbocycles. The molecular formula is C12H22N4. The fourth-order valence-electron chi connectivity index (χ4n) is 2.53. The Kier molecular flexibility index (Phi) is 3.83. The van der Waals surface area contributed by atoms with E-state index >= 15 is 0 Å². The summed E-state index contributed by atoms with van der Waals surface area (Å²) in [4.78, 5) is 6.90. The van der Waals surface area contributed by atoms with Gasteiger partial charge >= 0.3 is 0 Å². The van der Waals surface area contributed by atoms with Crippen LogP contribution in [0.3, 0.4) is 0 Å². The smallest absolute Gasteiger partial charge is 0.202 e. The number of hydrogen-bond donors (Lipinski definition) is 1. The van der Waals surface area contributed by atoms with Crippen molar-refractivity contribution in [3.63, 3.8) is 0 Å². The standard InChI is InChI=1S/C12H22N4/c1-3-13-12-14-7-9-16(12)10-11-6-5-8-15(11)4-2/h7,9,11H,3-6,8,10H2,1-2H3,(H,13,14). The van der Waals surface area contributed by atoms with Gasteiger partial charge < -0.3 is 9.88 Å². The quantitative estimate of drug-likeness (QED) is 0.824. The Hall–Kier alpha value is -1.03. The number of anilines is 1. The van der Waals surface area contributed by atoms with Gasteiger partial charge in [0, 0.05) is 31.5 Å². The van der Waals surface area contributed by atoms with E-state index in [4.69, 9.17) is 0 Å². The number of aromatic nitrogens is 2. The molecule has 0 aliphatic carbocycles. The number of hydrogen-bond acceptors (Lipinski definition) is 3. The van der Waals surface area contributed by atoms with E-state index in [1.165, 1.54) is 19.4 Å². The first-order valence-corrected chi connectivity index (χ1v) is 6.34. The van der Waals surface area contributed by atoms with Crippen molar-refractivity contribution in [1.82, 2.24) is 14.5 Å². The third kappa shape index (κ3) is 2.38. The van der Waals surface area contributed by atoms with Crippen LogP contribution in [0.2, 0.25) is 0 Å². The van der Waals surface area contributed by atoms with Gasteiger partial charge in [0.05, 0.1) is 0 Å². The summed E-state index contributed by atoms with van der Waals surface area (Å²) in [6.07, 6.45) is 6.61. The van der Waals surface area contributed by atoms with Gasteiger partial charge in [0.2, 0.25) is 5.95 Å². The molecule has 1 atom stereocenters. The monoisotopic (exact) mass is 222 g/mol. The Morgan fingerprint density at radius 1 is 1.50 bits per heavy atom. The molecule has 0 saturated carbocycles. The third-order valence-electron chi connectivity index (χ3n) is 3.36. The van der Waals surface area contributed by atoms with Crippen LogP contribution in [-0.4, -0.2) is 40.1 Å². The highest BCUT2D eigenvalue weighted by atomic mass is 15.2. The number of likely N-dealkylation sites (tertiary alicyclic amines) is 1. The van der Waals surface area contributed by atoms with Crippen molar-refractivity contribution in [3.05, 3.63) is 12.4 Å². The molecule has 2 heterocycles. The predicted molar refractivity (Wildman–Crippen MR) is 66.7 cm³/mol. The van der Waals surface area contributed by atoms with Crippen LogP contribution in [0.25, 0.3) is 0 Å². The molecule has 0 spiro atoms. The van der Waals surface area contributed by atoms with E-state index in [0.29, 0.717) is 6.04 Å². The van der Waals surface area contributed by atoms with Gasteiger partial charge in [-0.2, -0.15) is 0 Å². The van der Waals surface area contributed by atoms with Crippen LogP contribution in [0.15, 0.2) is 12.4 Å². The molecule has 0 amide bonds. The van der Waals surface area contributed by atoms with Gasteiger partial charge in [-0.15, -0.1) is 0 Å². The minimum absolute atomic E-state index is 0.691. The van der Waals surface area contributed by atoms with Gasteiger partial charge in [0.1, 0.15) is 0 Å². The van der Waals surface area contributed by atoms with E-state index in [1.54, 1.807) is 0 Å². The molecule has 1 saturated heterocycles. The molecule has 4 heteroatoms. The number of nitrogens with one attached hydrogen (secondary N) is 1. The van der Waals surface area contributed by atoms with Gasteiger partial charge in [-0.3, -0.25) is 4.90 Å². The average molecular weight is 222 g/mol. The maximum Gasteiger partial charge on any atom is 0.202 e. The van der Waals surface area contributed by atoms with E-state index in [2.05, 4.69) is 39.8 Å². The maximum atomic E-state index is 4.33. The fourth-order valence-corrected chi connectivity index (χ4v) is 2.53. The second-order valence-electron chi connectivity index (χ2n) is 4.36. The van der Waals surface area contributed by atoms with Crippen LogP contribution in [-0.2, 0) is 6.54 Å². The minimum atomic E-state index is 0.691. The zero-order valence-electron chi connectivity index (χ0n) is 10.3. The van der Waals surface area contributed by atoms with Crippen molar-refractivity contribution in [2.45, 2.75) is 39.3 Å². The molecule has 1 fully saturated rings. The van der Waals surface area contributed by atoms with Crippen LogP contribution in [0.1, 0.15) is 26.7 Å². The van der Waals surface area contributed by atoms with Crippen LogP contribution in [0.4, 0.5) is 5.95 Å². The Labute approximate surface area is 97.7 Å². The second kappa shape index (κ2) is 5.34. The van der Waals surface area contributed by atoms with Crippen LogP contribution in [0.5, 0.6) is 0 Å². The largest absolute Gasteiger partial charge is 0.356 e. The van der Waals surface area contributed by atoms with E-state index in [1.807, 2.05) is 6.20 Å². The van der Waals surface area contributed by atoms with E-state index in [0.717, 1.165) is 25.6 Å². The van der Waals surface area contributed by atoms with Crippen molar-refractivity contribution in [2.24, 2.45) is 0 Å². The van der Waals surface area contributed by atoms with Crippen molar-refractivity contribution in [1.29, 1.82) is 0 Å². The zero-order chi connectivity index (χ0) is 11.4. The average Bonchev–Trinajstić information content (AvgIpc) is 2.89. The molecule has 1 aliphatic heterocycles. The predicted octanol–water partition coefficient (Wildman–Crippen LogP) is 1.80. The second-order valence-corrected chi connectivity index (χ2v) is 4.36. The SMILES string of the molecule is CCNc1nccn1CC1CCCN1CC. The van der Waals surface area contributed by atoms with Crippen molar-refractivity contribution in [3.8, 4) is 0 Å². The molecule has 16 heavy (non-hydrogen) atoms. The van der Waals surface area contributed by atoms with Crippen molar-refractivity contribution >= 4 is 5.95 Å². The van der Waals surface area contributed by atoms with E-state index in [-0.39, 0.29) is 0 Å². The van der Waals surface area contributed by atoms with Gasteiger partial charge in [-0.1, -0.05) is 6.92 Å². The Balaban J connectivity index is 1.99. The van der Waals surface area contributed by atoms with Crippen LogP contribution in [0, 0.1) is 0 Å². The van der Waals surface area contributed by atoms with Gasteiger partial charge in [0.25, 0.3) is 0 Å². The maximum absolute atomic E-state index is 4.33. The molecule has 1 N–H and O–H groups in total. The molecule has 90 valence electrons. The number of nitrogens with zero attached hydrogens (tertiary/aromatic N) is 3. The summed E-state index contributed by atoms with van der Waals surface area (Å²) in [5, 5.41) is 3.30. The molecule has 1 aromatic heterocycles. The summed E-state index contributed by atoms with van der Waals surface area (Å²) >= 11 is 0. The van der Waals surface area contributed by atoms with Crippen LogP contribution >= 0.6 is 0 Å². The van der Waals surface area contributed by atoms with E-state index in [9.17, 15) is 0 Å². The highest BCUT2D eigenvalue weighted by molar-refractivity contribution is 5.25. The summed E-state index contributed by atoms with van der Waals surface area (Å²) in [7, 11) is 0. The third-order valence-corrected chi connectivity index (χ3v) is 3.36. The summed E-state index contributed by atoms with van der Waals surface area (Å²) in [5.41, 5.74) is 0. The normalized spacial score (nSPS) is 21.5. The summed E-state index contributed by atoms with van der Waals surface area (Å²) in [6, 6.07) is 0.691. The first-order chi connectivity index (χ1) is 7.85. The molecular weight excluding hydrogens is 200 g/mol. The number of rotatable bonds is 5. The topological polar surface area (TPSA) is 33.1 Å². The molecule has 1 aliphatic rings. The lowest BCUT2D eigenvalue weighted by Gasteiger charge is -2.23. The molecule has 4 nitrogen and oxygen atoms in total. The van der Waals surface area contributed by atoms with Gasteiger partial charge in [-0.25, -0.2) is 4.98 Å². The number of imidazole rings is 1. The number of likely N-dealkylation sites (N-methyl/N-ethyl adjacent to an activating group) is 1.